The number of hydrogen-bond donors (Lipinski definition) is 1. The molecule has 0 saturated heterocycles. The smallest absolute Gasteiger partial charge is 0.165 e. The van der Waals surface area contributed by atoms with Crippen molar-refractivity contribution in [1.29, 1.82) is 0 Å². The molecule has 0 bridgehead atoms. The molecule has 1 N–H and O–H groups in total. The molecule has 1 atom stereocenters. The zero-order chi connectivity index (χ0) is 17.4. The minimum Gasteiger partial charge on any atom is -0.392 e. The Kier molecular flexibility index (Phi) is 7.20. The second-order valence-corrected chi connectivity index (χ2v) is 6.55. The van der Waals surface area contributed by atoms with Crippen LogP contribution < -0.4 is 0 Å². The Hall–Kier alpha value is -1.93. The van der Waals surface area contributed by atoms with Gasteiger partial charge in [0.1, 0.15) is 0 Å². The molecule has 24 heavy (non-hydrogen) atoms. The van der Waals surface area contributed by atoms with Crippen molar-refractivity contribution in [1.82, 2.24) is 0 Å². The summed E-state index contributed by atoms with van der Waals surface area (Å²) < 4.78 is 0. The first-order valence-corrected chi connectivity index (χ1v) is 9.00. The van der Waals surface area contributed by atoms with Gasteiger partial charge in [-0.15, -0.1) is 0 Å². The molecule has 0 spiro atoms. The van der Waals surface area contributed by atoms with Gasteiger partial charge >= 0.3 is 0 Å². The minimum atomic E-state index is 0.0594. The lowest BCUT2D eigenvalue weighted by molar-refractivity contribution is 0.0922. The molecule has 0 fully saturated rings. The average molecular weight is 324 g/mol. The van der Waals surface area contributed by atoms with Crippen molar-refractivity contribution in [3.63, 3.8) is 0 Å². The molecule has 128 valence electrons. The van der Waals surface area contributed by atoms with E-state index < -0.39 is 0 Å². The maximum atomic E-state index is 12.5. The lowest BCUT2D eigenvalue weighted by atomic mass is 9.93. The molecule has 0 aliphatic rings. The predicted molar refractivity (Wildman–Crippen MR) is 100 cm³/mol. The molecular formula is C22H28O2. The van der Waals surface area contributed by atoms with Crippen LogP contribution in [0.3, 0.4) is 0 Å². The van der Waals surface area contributed by atoms with Crippen LogP contribution in [0.1, 0.15) is 61.9 Å². The molecule has 2 aromatic carbocycles. The molecular weight excluding hydrogens is 296 g/mol. The highest BCUT2D eigenvalue weighted by Gasteiger charge is 2.14. The van der Waals surface area contributed by atoms with Gasteiger partial charge < -0.3 is 5.11 Å². The van der Waals surface area contributed by atoms with E-state index in [1.807, 2.05) is 55.5 Å². The number of carbonyl (C=O) groups is 1. The van der Waals surface area contributed by atoms with Gasteiger partial charge in [-0.25, -0.2) is 0 Å². The third-order valence-electron chi connectivity index (χ3n) is 4.58. The Morgan fingerprint density at radius 1 is 0.917 bits per heavy atom. The van der Waals surface area contributed by atoms with Gasteiger partial charge in [0.05, 0.1) is 6.61 Å². The number of aliphatic hydroxyl groups is 1. The Labute approximate surface area is 145 Å². The molecule has 2 aromatic rings. The topological polar surface area (TPSA) is 37.3 Å². The Morgan fingerprint density at radius 2 is 1.50 bits per heavy atom. The monoisotopic (exact) mass is 324 g/mol. The molecule has 2 rings (SSSR count). The van der Waals surface area contributed by atoms with E-state index in [2.05, 4.69) is 6.92 Å². The Bertz CT molecular complexity index is 626. The highest BCUT2D eigenvalue weighted by atomic mass is 16.3. The van der Waals surface area contributed by atoms with Crippen LogP contribution in [-0.2, 0) is 6.61 Å². The summed E-state index contributed by atoms with van der Waals surface area (Å²) in [5, 5.41) is 9.10. The minimum absolute atomic E-state index is 0.0594. The first kappa shape index (κ1) is 18.4. The SMILES string of the molecule is CCCCCCC(C)C(=O)c1ccc(-c2ccc(CO)cc2)cc1. The van der Waals surface area contributed by atoms with Crippen molar-refractivity contribution in [2.75, 3.05) is 0 Å². The summed E-state index contributed by atoms with van der Waals surface area (Å²) in [6.45, 7) is 4.30. The van der Waals surface area contributed by atoms with Crippen LogP contribution >= 0.6 is 0 Å². The second-order valence-electron chi connectivity index (χ2n) is 6.55. The van der Waals surface area contributed by atoms with Gasteiger partial charge in [0.2, 0.25) is 0 Å². The van der Waals surface area contributed by atoms with Crippen molar-refractivity contribution in [2.45, 2.75) is 52.6 Å². The summed E-state index contributed by atoms with van der Waals surface area (Å²) in [5.41, 5.74) is 3.89. The van der Waals surface area contributed by atoms with Crippen molar-refractivity contribution in [3.8, 4) is 11.1 Å². The summed E-state index contributed by atoms with van der Waals surface area (Å²) in [4.78, 5) is 12.5. The number of carbonyl (C=O) groups excluding carboxylic acids is 1. The van der Waals surface area contributed by atoms with Crippen LogP contribution in [0.5, 0.6) is 0 Å². The molecule has 0 radical (unpaired) electrons. The highest BCUT2D eigenvalue weighted by Crippen LogP contribution is 2.22. The lowest BCUT2D eigenvalue weighted by Crippen LogP contribution is -2.11. The fourth-order valence-corrected chi connectivity index (χ4v) is 2.92. The maximum absolute atomic E-state index is 12.5. The number of Topliss-reactive ketones (excluding diaryl/α,β-unsaturated/α-hetero) is 1. The molecule has 2 heteroatoms. The Morgan fingerprint density at radius 3 is 2.04 bits per heavy atom. The summed E-state index contributed by atoms with van der Waals surface area (Å²) in [5.74, 6) is 0.338. The van der Waals surface area contributed by atoms with Gasteiger partial charge in [-0.3, -0.25) is 4.79 Å². The molecule has 0 aromatic heterocycles. The fraction of sp³-hybridized carbons (Fsp3) is 0.409. The lowest BCUT2D eigenvalue weighted by Gasteiger charge is -2.11. The largest absolute Gasteiger partial charge is 0.392 e. The first-order valence-electron chi connectivity index (χ1n) is 9.00. The molecule has 1 unspecified atom stereocenters. The van der Waals surface area contributed by atoms with Gasteiger partial charge in [-0.2, -0.15) is 0 Å². The normalized spacial score (nSPS) is 12.1. The zero-order valence-electron chi connectivity index (χ0n) is 14.8. The molecule has 0 aliphatic carbocycles. The number of benzene rings is 2. The molecule has 0 amide bonds. The van der Waals surface area contributed by atoms with E-state index in [0.29, 0.717) is 0 Å². The fourth-order valence-electron chi connectivity index (χ4n) is 2.92. The number of unbranched alkanes of at least 4 members (excludes halogenated alkanes) is 3. The third-order valence-corrected chi connectivity index (χ3v) is 4.58. The maximum Gasteiger partial charge on any atom is 0.165 e. The van der Waals surface area contributed by atoms with Gasteiger partial charge in [-0.05, 0) is 23.1 Å². The van der Waals surface area contributed by atoms with E-state index >= 15 is 0 Å². The second kappa shape index (κ2) is 9.39. The van der Waals surface area contributed by atoms with Gasteiger partial charge in [-0.1, -0.05) is 88.1 Å². The number of aliphatic hydroxyl groups excluding tert-OH is 1. The molecule has 2 nitrogen and oxygen atoms in total. The van der Waals surface area contributed by atoms with Gasteiger partial charge in [0.25, 0.3) is 0 Å². The number of hydrogen-bond acceptors (Lipinski definition) is 2. The van der Waals surface area contributed by atoms with E-state index in [1.165, 1.54) is 19.3 Å². The molecule has 0 saturated carbocycles. The number of ketones is 1. The van der Waals surface area contributed by atoms with E-state index in [-0.39, 0.29) is 18.3 Å². The van der Waals surface area contributed by atoms with Crippen molar-refractivity contribution in [3.05, 3.63) is 59.7 Å². The van der Waals surface area contributed by atoms with Crippen molar-refractivity contribution < 1.29 is 9.90 Å². The van der Waals surface area contributed by atoms with E-state index in [1.54, 1.807) is 0 Å². The van der Waals surface area contributed by atoms with E-state index in [9.17, 15) is 4.79 Å². The van der Waals surface area contributed by atoms with Crippen LogP contribution in [0, 0.1) is 5.92 Å². The van der Waals surface area contributed by atoms with Crippen LogP contribution in [0.4, 0.5) is 0 Å². The average Bonchev–Trinajstić information content (AvgIpc) is 2.64. The van der Waals surface area contributed by atoms with Crippen molar-refractivity contribution >= 4 is 5.78 Å². The quantitative estimate of drug-likeness (QED) is 0.479. The van der Waals surface area contributed by atoms with E-state index in [0.717, 1.165) is 35.1 Å². The molecule has 0 heterocycles. The Balaban J connectivity index is 1.98. The van der Waals surface area contributed by atoms with Crippen LogP contribution in [0.2, 0.25) is 0 Å². The third kappa shape index (κ3) is 5.04. The summed E-state index contributed by atoms with van der Waals surface area (Å²) in [7, 11) is 0. The van der Waals surface area contributed by atoms with Crippen LogP contribution in [0.25, 0.3) is 11.1 Å². The summed E-state index contributed by atoms with van der Waals surface area (Å²) in [6.07, 6.45) is 5.81. The van der Waals surface area contributed by atoms with E-state index in [4.69, 9.17) is 5.11 Å². The van der Waals surface area contributed by atoms with Crippen molar-refractivity contribution in [2.24, 2.45) is 5.92 Å². The van der Waals surface area contributed by atoms with Gasteiger partial charge in [0.15, 0.2) is 5.78 Å². The molecule has 0 aliphatic heterocycles. The zero-order valence-corrected chi connectivity index (χ0v) is 14.8. The summed E-state index contributed by atoms with van der Waals surface area (Å²) in [6, 6.07) is 15.7. The number of rotatable bonds is 9. The van der Waals surface area contributed by atoms with Crippen LogP contribution in [-0.4, -0.2) is 10.9 Å². The first-order chi connectivity index (χ1) is 11.7. The highest BCUT2D eigenvalue weighted by molar-refractivity contribution is 5.98. The summed E-state index contributed by atoms with van der Waals surface area (Å²) >= 11 is 0. The van der Waals surface area contributed by atoms with Gasteiger partial charge in [0, 0.05) is 11.5 Å². The predicted octanol–water partition coefficient (Wildman–Crippen LogP) is 5.64. The van der Waals surface area contributed by atoms with Crippen LogP contribution in [0.15, 0.2) is 48.5 Å². The standard InChI is InChI=1S/C22H28O2/c1-3-4-5-6-7-17(2)22(24)21-14-12-20(13-15-21)19-10-8-18(16-23)9-11-19/h8-15,17,23H,3-7,16H2,1-2H3.